The Balaban J connectivity index is 1.79. The molecule has 2 atom stereocenters. The summed E-state index contributed by atoms with van der Waals surface area (Å²) < 4.78 is 23.9. The number of amides is 1. The molecule has 0 bridgehead atoms. The van der Waals surface area contributed by atoms with Crippen LogP contribution in [0.15, 0.2) is 61.2 Å². The van der Waals surface area contributed by atoms with E-state index in [1.54, 1.807) is 47.4 Å². The molecule has 1 saturated heterocycles. The molecule has 29 heavy (non-hydrogen) atoms. The molecule has 1 amide bonds. The molecule has 152 valence electrons. The van der Waals surface area contributed by atoms with Gasteiger partial charge in [-0.2, -0.15) is 0 Å². The van der Waals surface area contributed by atoms with Gasteiger partial charge in [0.25, 0.3) is 0 Å². The highest BCUT2D eigenvalue weighted by atomic mass is 19.1. The van der Waals surface area contributed by atoms with Gasteiger partial charge < -0.3 is 14.4 Å². The van der Waals surface area contributed by atoms with Crippen LogP contribution in [0, 0.1) is 5.82 Å². The molecule has 0 radical (unpaired) electrons. The summed E-state index contributed by atoms with van der Waals surface area (Å²) in [4.78, 5) is 26.1. The Labute approximate surface area is 169 Å². The van der Waals surface area contributed by atoms with Gasteiger partial charge in [0.15, 0.2) is 0 Å². The monoisotopic (exact) mass is 397 g/mol. The van der Waals surface area contributed by atoms with Crippen LogP contribution < -0.4 is 0 Å². The summed E-state index contributed by atoms with van der Waals surface area (Å²) in [6.45, 7) is 6.17. The van der Waals surface area contributed by atoms with Crippen molar-refractivity contribution in [3.63, 3.8) is 0 Å². The number of rotatable bonds is 6. The quantitative estimate of drug-likeness (QED) is 0.509. The van der Waals surface area contributed by atoms with E-state index in [-0.39, 0.29) is 11.9 Å². The number of carbonyl (C=O) groups is 2. The van der Waals surface area contributed by atoms with E-state index in [9.17, 15) is 14.0 Å². The van der Waals surface area contributed by atoms with Crippen molar-refractivity contribution in [1.29, 1.82) is 0 Å². The highest BCUT2D eigenvalue weighted by Gasteiger charge is 2.42. The number of benzene rings is 2. The minimum atomic E-state index is -0.850. The molecular weight excluding hydrogens is 373 g/mol. The zero-order valence-corrected chi connectivity index (χ0v) is 16.6. The highest BCUT2D eigenvalue weighted by Crippen LogP contribution is 2.39. The minimum absolute atomic E-state index is 0.232. The largest absolute Gasteiger partial charge is 0.465 e. The predicted molar refractivity (Wildman–Crippen MR) is 107 cm³/mol. The summed E-state index contributed by atoms with van der Waals surface area (Å²) in [6.07, 6.45) is 2.27. The van der Waals surface area contributed by atoms with Crippen molar-refractivity contribution in [2.75, 3.05) is 13.7 Å². The molecule has 6 heteroatoms. The first-order valence-corrected chi connectivity index (χ1v) is 9.45. The lowest BCUT2D eigenvalue weighted by atomic mass is 9.85. The maximum Gasteiger partial charge on any atom is 0.411 e. The van der Waals surface area contributed by atoms with Crippen LogP contribution in [0.1, 0.15) is 47.3 Å². The first kappa shape index (κ1) is 20.6. The SMILES string of the molecule is C=CCC1(c2ccc(F)cc2)CCN([C@@H](C)c2ccc(C(=O)OC)cc2)C(=O)O1. The zero-order valence-electron chi connectivity index (χ0n) is 16.6. The molecular formula is C23H24FNO4. The van der Waals surface area contributed by atoms with Crippen molar-refractivity contribution in [3.05, 3.63) is 83.7 Å². The van der Waals surface area contributed by atoms with Crippen molar-refractivity contribution in [3.8, 4) is 0 Å². The predicted octanol–water partition coefficient (Wildman–Crippen LogP) is 4.99. The minimum Gasteiger partial charge on any atom is -0.465 e. The van der Waals surface area contributed by atoms with Crippen LogP contribution in [0.2, 0.25) is 0 Å². The number of cyclic esters (lactones) is 1. The van der Waals surface area contributed by atoms with Gasteiger partial charge in [-0.1, -0.05) is 30.3 Å². The maximum absolute atomic E-state index is 13.3. The Morgan fingerprint density at radius 2 is 1.93 bits per heavy atom. The fourth-order valence-electron chi connectivity index (χ4n) is 3.67. The van der Waals surface area contributed by atoms with E-state index in [1.807, 2.05) is 6.92 Å². The van der Waals surface area contributed by atoms with Gasteiger partial charge in [-0.15, -0.1) is 6.58 Å². The Hall–Kier alpha value is -3.15. The van der Waals surface area contributed by atoms with Gasteiger partial charge in [-0.05, 0) is 42.3 Å². The van der Waals surface area contributed by atoms with Crippen LogP contribution in [0.5, 0.6) is 0 Å². The molecule has 3 rings (SSSR count). The van der Waals surface area contributed by atoms with Crippen molar-refractivity contribution in [2.24, 2.45) is 0 Å². The fraction of sp³-hybridized carbons (Fsp3) is 0.304. The van der Waals surface area contributed by atoms with E-state index in [2.05, 4.69) is 6.58 Å². The van der Waals surface area contributed by atoms with E-state index >= 15 is 0 Å². The highest BCUT2D eigenvalue weighted by molar-refractivity contribution is 5.89. The Morgan fingerprint density at radius 1 is 1.28 bits per heavy atom. The third kappa shape index (κ3) is 4.16. The third-order valence-electron chi connectivity index (χ3n) is 5.40. The molecule has 2 aromatic carbocycles. The average Bonchev–Trinajstić information content (AvgIpc) is 2.73. The molecule has 1 aliphatic rings. The second kappa shape index (κ2) is 8.47. The summed E-state index contributed by atoms with van der Waals surface area (Å²) in [5, 5.41) is 0. The first-order chi connectivity index (χ1) is 13.9. The standard InChI is InChI=1S/C23H24FNO4/c1-4-13-23(19-9-11-20(24)12-10-19)14-15-25(22(27)29-23)16(2)17-5-7-18(8-6-17)21(26)28-3/h4-12,16H,1,13-15H2,2-3H3/t16-,23?/m0/s1. The average molecular weight is 397 g/mol. The van der Waals surface area contributed by atoms with E-state index in [0.29, 0.717) is 24.9 Å². The third-order valence-corrected chi connectivity index (χ3v) is 5.40. The number of carbonyl (C=O) groups excluding carboxylic acids is 2. The molecule has 0 spiro atoms. The van der Waals surface area contributed by atoms with Gasteiger partial charge in [-0.25, -0.2) is 14.0 Å². The lowest BCUT2D eigenvalue weighted by molar-refractivity contribution is -0.0588. The summed E-state index contributed by atoms with van der Waals surface area (Å²) in [7, 11) is 1.33. The van der Waals surface area contributed by atoms with Crippen molar-refractivity contribution < 1.29 is 23.5 Å². The van der Waals surface area contributed by atoms with Crippen LogP contribution in [-0.2, 0) is 15.1 Å². The van der Waals surface area contributed by atoms with Gasteiger partial charge in [-0.3, -0.25) is 0 Å². The van der Waals surface area contributed by atoms with Gasteiger partial charge >= 0.3 is 12.1 Å². The second-order valence-corrected chi connectivity index (χ2v) is 7.09. The summed E-state index contributed by atoms with van der Waals surface area (Å²) in [5.74, 6) is -0.745. The van der Waals surface area contributed by atoms with Gasteiger partial charge in [0.1, 0.15) is 11.4 Å². The van der Waals surface area contributed by atoms with E-state index in [4.69, 9.17) is 9.47 Å². The molecule has 0 N–H and O–H groups in total. The van der Waals surface area contributed by atoms with Gasteiger partial charge in [0.05, 0.1) is 18.7 Å². The molecule has 0 aromatic heterocycles. The summed E-state index contributed by atoms with van der Waals surface area (Å²) in [5.41, 5.74) is 1.23. The van der Waals surface area contributed by atoms with Crippen LogP contribution in [0.4, 0.5) is 9.18 Å². The van der Waals surface area contributed by atoms with Crippen molar-refractivity contribution >= 4 is 12.1 Å². The number of halogens is 1. The van der Waals surface area contributed by atoms with Crippen LogP contribution >= 0.6 is 0 Å². The molecule has 0 aliphatic carbocycles. The zero-order chi connectivity index (χ0) is 21.0. The van der Waals surface area contributed by atoms with E-state index in [0.717, 1.165) is 11.1 Å². The number of ether oxygens (including phenoxy) is 2. The molecule has 1 unspecified atom stereocenters. The Kier molecular flexibility index (Phi) is 6.01. The molecule has 1 fully saturated rings. The smallest absolute Gasteiger partial charge is 0.411 e. The molecule has 0 saturated carbocycles. The Bertz CT molecular complexity index is 894. The van der Waals surface area contributed by atoms with Crippen LogP contribution in [0.25, 0.3) is 0 Å². The maximum atomic E-state index is 13.3. The van der Waals surface area contributed by atoms with Crippen LogP contribution in [0.3, 0.4) is 0 Å². The normalized spacial score (nSPS) is 20.0. The topological polar surface area (TPSA) is 55.8 Å². The lowest BCUT2D eigenvalue weighted by Crippen LogP contribution is -2.48. The first-order valence-electron chi connectivity index (χ1n) is 9.45. The van der Waals surface area contributed by atoms with Crippen LogP contribution in [-0.4, -0.2) is 30.6 Å². The number of nitrogens with zero attached hydrogens (tertiary/aromatic N) is 1. The molecule has 1 aliphatic heterocycles. The van der Waals surface area contributed by atoms with E-state index < -0.39 is 17.7 Å². The number of hydrogen-bond acceptors (Lipinski definition) is 4. The van der Waals surface area contributed by atoms with Gasteiger partial charge in [0.2, 0.25) is 0 Å². The summed E-state index contributed by atoms with van der Waals surface area (Å²) in [6, 6.07) is 12.8. The molecule has 1 heterocycles. The Morgan fingerprint density at radius 3 is 2.48 bits per heavy atom. The molecule has 2 aromatic rings. The lowest BCUT2D eigenvalue weighted by Gasteiger charge is -2.43. The second-order valence-electron chi connectivity index (χ2n) is 7.09. The fourth-order valence-corrected chi connectivity index (χ4v) is 3.67. The van der Waals surface area contributed by atoms with Crippen molar-refractivity contribution in [1.82, 2.24) is 4.90 Å². The number of hydrogen-bond donors (Lipinski definition) is 0. The molecule has 5 nitrogen and oxygen atoms in total. The number of methoxy groups -OCH3 is 1. The van der Waals surface area contributed by atoms with Gasteiger partial charge in [0, 0.05) is 19.4 Å². The van der Waals surface area contributed by atoms with E-state index in [1.165, 1.54) is 19.2 Å². The number of esters is 1. The summed E-state index contributed by atoms with van der Waals surface area (Å²) >= 11 is 0. The van der Waals surface area contributed by atoms with Crippen molar-refractivity contribution in [2.45, 2.75) is 31.4 Å².